The highest BCUT2D eigenvalue weighted by Gasteiger charge is 2.07. The highest BCUT2D eigenvalue weighted by atomic mass is 16.5. The number of rotatable bonds is 18. The quantitative estimate of drug-likeness (QED) is 0.208. The number of aliphatic hydroxyl groups excluding tert-OH is 2. The van der Waals surface area contributed by atoms with Gasteiger partial charge in [0, 0.05) is 6.42 Å². The van der Waals surface area contributed by atoms with Gasteiger partial charge in [-0.3, -0.25) is 4.79 Å². The summed E-state index contributed by atoms with van der Waals surface area (Å²) >= 11 is 0. The second-order valence-electron chi connectivity index (χ2n) is 6.85. The molecule has 0 aliphatic carbocycles. The first-order valence-electron chi connectivity index (χ1n) is 10.3. The third kappa shape index (κ3) is 19.3. The van der Waals surface area contributed by atoms with Crippen molar-refractivity contribution in [3.63, 3.8) is 0 Å². The molecule has 0 bridgehead atoms. The Balaban J connectivity index is 3.21. The van der Waals surface area contributed by atoms with Gasteiger partial charge in [0.2, 0.25) is 0 Å². The molecule has 0 radical (unpaired) electrons. The zero-order valence-corrected chi connectivity index (χ0v) is 16.3. The summed E-state index contributed by atoms with van der Waals surface area (Å²) in [6.07, 6.45) is 20.1. The fraction of sp³-hybridized carbons (Fsp3) is 0.857. The molecule has 0 amide bonds. The Morgan fingerprint density at radius 2 is 1.40 bits per heavy atom. The Labute approximate surface area is 154 Å². The molecule has 4 heteroatoms. The molecule has 1 unspecified atom stereocenters. The van der Waals surface area contributed by atoms with E-state index < -0.39 is 6.10 Å². The summed E-state index contributed by atoms with van der Waals surface area (Å²) in [7, 11) is 0. The minimum absolute atomic E-state index is 0.109. The van der Waals surface area contributed by atoms with Gasteiger partial charge in [0.25, 0.3) is 0 Å². The molecule has 0 spiro atoms. The number of hydrogen-bond acceptors (Lipinski definition) is 4. The van der Waals surface area contributed by atoms with Crippen LogP contribution < -0.4 is 0 Å². The Morgan fingerprint density at radius 3 is 1.96 bits per heavy atom. The summed E-state index contributed by atoms with van der Waals surface area (Å²) < 4.78 is 4.86. The lowest BCUT2D eigenvalue weighted by molar-refractivity contribution is -0.147. The number of hydrogen-bond donors (Lipinski definition) is 2. The molecule has 25 heavy (non-hydrogen) atoms. The predicted molar refractivity (Wildman–Crippen MR) is 104 cm³/mol. The van der Waals surface area contributed by atoms with Crippen LogP contribution in [0.1, 0.15) is 96.8 Å². The van der Waals surface area contributed by atoms with E-state index in [2.05, 4.69) is 19.1 Å². The van der Waals surface area contributed by atoms with Crippen LogP contribution in [0.5, 0.6) is 0 Å². The summed E-state index contributed by atoms with van der Waals surface area (Å²) in [6, 6.07) is 0. The van der Waals surface area contributed by atoms with Crippen LogP contribution in [0, 0.1) is 0 Å². The van der Waals surface area contributed by atoms with Crippen molar-refractivity contribution in [1.82, 2.24) is 0 Å². The van der Waals surface area contributed by atoms with Crippen molar-refractivity contribution in [2.24, 2.45) is 0 Å². The average molecular weight is 357 g/mol. The first kappa shape index (κ1) is 24.1. The van der Waals surface area contributed by atoms with E-state index in [4.69, 9.17) is 14.9 Å². The van der Waals surface area contributed by atoms with Crippen LogP contribution in [-0.4, -0.2) is 35.5 Å². The van der Waals surface area contributed by atoms with Crippen molar-refractivity contribution >= 4 is 5.97 Å². The zero-order chi connectivity index (χ0) is 18.6. The maximum Gasteiger partial charge on any atom is 0.305 e. The molecule has 0 aromatic heterocycles. The highest BCUT2D eigenvalue weighted by Crippen LogP contribution is 2.11. The lowest BCUT2D eigenvalue weighted by Crippen LogP contribution is -2.21. The van der Waals surface area contributed by atoms with E-state index in [0.29, 0.717) is 6.42 Å². The minimum Gasteiger partial charge on any atom is -0.463 e. The van der Waals surface area contributed by atoms with Crippen LogP contribution in [0.25, 0.3) is 0 Å². The van der Waals surface area contributed by atoms with E-state index in [0.717, 1.165) is 12.8 Å². The first-order valence-corrected chi connectivity index (χ1v) is 10.3. The van der Waals surface area contributed by atoms with Gasteiger partial charge in [-0.25, -0.2) is 0 Å². The van der Waals surface area contributed by atoms with E-state index in [-0.39, 0.29) is 19.2 Å². The SMILES string of the molecule is CCCCCCC=CCCCCCCCCCC(=O)OCC(O)CO. The number of carbonyl (C=O) groups is 1. The molecular weight excluding hydrogens is 316 g/mol. The van der Waals surface area contributed by atoms with E-state index in [1.54, 1.807) is 0 Å². The van der Waals surface area contributed by atoms with Crippen LogP contribution in [-0.2, 0) is 9.53 Å². The van der Waals surface area contributed by atoms with Crippen molar-refractivity contribution < 1.29 is 19.7 Å². The Kier molecular flexibility index (Phi) is 18.8. The standard InChI is InChI=1S/C21H40O4/c1-2-3-4-5-6-7-8-9-10-11-12-13-14-15-16-17-21(24)25-19-20(23)18-22/h7-8,20,22-23H,2-6,9-19H2,1H3. The third-order valence-corrected chi connectivity index (χ3v) is 4.29. The number of ether oxygens (including phenoxy) is 1. The van der Waals surface area contributed by atoms with E-state index >= 15 is 0 Å². The van der Waals surface area contributed by atoms with Crippen LogP contribution >= 0.6 is 0 Å². The maximum atomic E-state index is 11.4. The number of unbranched alkanes of at least 4 members (excludes halogenated alkanes) is 11. The van der Waals surface area contributed by atoms with Crippen LogP contribution in [0.2, 0.25) is 0 Å². The molecule has 1 atom stereocenters. The fourth-order valence-corrected chi connectivity index (χ4v) is 2.65. The van der Waals surface area contributed by atoms with Gasteiger partial charge in [0.15, 0.2) is 0 Å². The van der Waals surface area contributed by atoms with Gasteiger partial charge in [-0.05, 0) is 32.1 Å². The van der Waals surface area contributed by atoms with E-state index in [9.17, 15) is 4.79 Å². The lowest BCUT2D eigenvalue weighted by Gasteiger charge is -2.08. The number of aliphatic hydroxyl groups is 2. The number of allylic oxidation sites excluding steroid dienone is 2. The van der Waals surface area contributed by atoms with Crippen molar-refractivity contribution in [3.8, 4) is 0 Å². The maximum absolute atomic E-state index is 11.4. The molecular formula is C21H40O4. The topological polar surface area (TPSA) is 66.8 Å². The molecule has 148 valence electrons. The summed E-state index contributed by atoms with van der Waals surface area (Å²) in [4.78, 5) is 11.4. The van der Waals surface area contributed by atoms with Gasteiger partial charge in [0.1, 0.15) is 12.7 Å². The molecule has 0 aromatic carbocycles. The van der Waals surface area contributed by atoms with Crippen LogP contribution in [0.3, 0.4) is 0 Å². The lowest BCUT2D eigenvalue weighted by atomic mass is 10.1. The molecule has 0 heterocycles. The van der Waals surface area contributed by atoms with Gasteiger partial charge in [-0.15, -0.1) is 0 Å². The third-order valence-electron chi connectivity index (χ3n) is 4.29. The van der Waals surface area contributed by atoms with Crippen molar-refractivity contribution in [1.29, 1.82) is 0 Å². The summed E-state index contributed by atoms with van der Waals surface area (Å²) in [6.45, 7) is 1.77. The van der Waals surface area contributed by atoms with Gasteiger partial charge in [0.05, 0.1) is 6.61 Å². The summed E-state index contributed by atoms with van der Waals surface area (Å²) in [5, 5.41) is 17.7. The smallest absolute Gasteiger partial charge is 0.305 e. The molecule has 0 rings (SSSR count). The molecule has 4 nitrogen and oxygen atoms in total. The molecule has 2 N–H and O–H groups in total. The largest absolute Gasteiger partial charge is 0.463 e. The molecule has 0 aromatic rings. The van der Waals surface area contributed by atoms with Gasteiger partial charge in [-0.1, -0.05) is 70.4 Å². The Morgan fingerprint density at radius 1 is 0.880 bits per heavy atom. The Hall–Kier alpha value is -0.870. The minimum atomic E-state index is -0.958. The molecule has 0 saturated carbocycles. The van der Waals surface area contributed by atoms with Gasteiger partial charge >= 0.3 is 5.97 Å². The molecule has 0 fully saturated rings. The predicted octanol–water partition coefficient (Wildman–Crippen LogP) is 4.92. The summed E-state index contributed by atoms with van der Waals surface area (Å²) in [5.74, 6) is -0.283. The average Bonchev–Trinajstić information content (AvgIpc) is 2.62. The van der Waals surface area contributed by atoms with Crippen LogP contribution in [0.4, 0.5) is 0 Å². The number of carbonyl (C=O) groups excluding carboxylic acids is 1. The highest BCUT2D eigenvalue weighted by molar-refractivity contribution is 5.69. The van der Waals surface area contributed by atoms with Gasteiger partial charge < -0.3 is 14.9 Å². The monoisotopic (exact) mass is 356 g/mol. The van der Waals surface area contributed by atoms with Crippen molar-refractivity contribution in [3.05, 3.63) is 12.2 Å². The second-order valence-corrected chi connectivity index (χ2v) is 6.85. The van der Waals surface area contributed by atoms with Crippen LogP contribution in [0.15, 0.2) is 12.2 Å². The van der Waals surface area contributed by atoms with Crippen molar-refractivity contribution in [2.45, 2.75) is 103 Å². The van der Waals surface area contributed by atoms with Gasteiger partial charge in [-0.2, -0.15) is 0 Å². The fourth-order valence-electron chi connectivity index (χ4n) is 2.65. The molecule has 0 aliphatic heterocycles. The second kappa shape index (κ2) is 19.5. The zero-order valence-electron chi connectivity index (χ0n) is 16.3. The number of esters is 1. The van der Waals surface area contributed by atoms with E-state index in [1.165, 1.54) is 70.6 Å². The summed E-state index contributed by atoms with van der Waals surface area (Å²) in [5.41, 5.74) is 0. The Bertz CT molecular complexity index is 315. The first-order chi connectivity index (χ1) is 12.2. The normalized spacial score (nSPS) is 12.6. The van der Waals surface area contributed by atoms with E-state index in [1.807, 2.05) is 0 Å². The molecule has 0 saturated heterocycles. The van der Waals surface area contributed by atoms with Crippen molar-refractivity contribution in [2.75, 3.05) is 13.2 Å². The molecule has 0 aliphatic rings.